The van der Waals surface area contributed by atoms with Crippen LogP contribution in [0.1, 0.15) is 18.5 Å². The number of anilines is 1. The molecule has 3 amide bonds. The van der Waals surface area contributed by atoms with Crippen LogP contribution < -0.4 is 5.32 Å². The van der Waals surface area contributed by atoms with Gasteiger partial charge in [0.1, 0.15) is 0 Å². The molecule has 2 saturated heterocycles. The number of piperidine rings is 1. The Kier molecular flexibility index (Phi) is 3.92. The number of carbonyl (C=O) groups excluding carboxylic acids is 2. The third-order valence-electron chi connectivity index (χ3n) is 4.64. The van der Waals surface area contributed by atoms with Gasteiger partial charge in [0, 0.05) is 27.2 Å². The smallest absolute Gasteiger partial charge is 0.343 e. The van der Waals surface area contributed by atoms with Gasteiger partial charge in [-0.15, -0.1) is 0 Å². The van der Waals surface area contributed by atoms with E-state index in [2.05, 4.69) is 10.4 Å². The van der Waals surface area contributed by atoms with E-state index in [1.54, 1.807) is 11.9 Å². The molecule has 132 valence electrons. The molecule has 2 aliphatic rings. The number of carbonyl (C=O) groups is 2. The van der Waals surface area contributed by atoms with Crippen LogP contribution in [0.4, 0.5) is 23.7 Å². The first-order valence-electron chi connectivity index (χ1n) is 7.62. The van der Waals surface area contributed by atoms with Crippen LogP contribution in [0, 0.1) is 5.92 Å². The van der Waals surface area contributed by atoms with Crippen LogP contribution in [0.3, 0.4) is 0 Å². The summed E-state index contributed by atoms with van der Waals surface area (Å²) in [6, 6.07) is -0.937. The molecule has 24 heavy (non-hydrogen) atoms. The Labute approximate surface area is 136 Å². The molecule has 3 rings (SSSR count). The number of aryl methyl sites for hydroxylation is 1. The van der Waals surface area contributed by atoms with Crippen molar-refractivity contribution in [3.8, 4) is 0 Å². The van der Waals surface area contributed by atoms with Crippen molar-refractivity contribution in [3.63, 3.8) is 0 Å². The highest BCUT2D eigenvalue weighted by Gasteiger charge is 2.46. The standard InChI is InChI=1S/C14H18F3N5O2/c1-20-7-10-8(12(20)23)4-3-5-22(10)13(24)19-9-6-18-21(2)11(9)14(15,16)17/h6,8,10H,3-5,7H2,1-2H3,(H,19,24)/t8-,10-/m1/s1. The lowest BCUT2D eigenvalue weighted by molar-refractivity contribution is -0.143. The van der Waals surface area contributed by atoms with E-state index >= 15 is 0 Å². The lowest BCUT2D eigenvalue weighted by Gasteiger charge is -2.35. The molecule has 0 aliphatic carbocycles. The van der Waals surface area contributed by atoms with Gasteiger partial charge in [-0.1, -0.05) is 0 Å². The minimum atomic E-state index is -4.62. The van der Waals surface area contributed by atoms with Crippen LogP contribution in [0.5, 0.6) is 0 Å². The molecule has 0 unspecified atom stereocenters. The number of nitrogens with zero attached hydrogens (tertiary/aromatic N) is 4. The monoisotopic (exact) mass is 345 g/mol. The average Bonchev–Trinajstić information content (AvgIpc) is 2.99. The number of aromatic nitrogens is 2. The normalized spacial score (nSPS) is 24.3. The van der Waals surface area contributed by atoms with Crippen molar-refractivity contribution >= 4 is 17.6 Å². The van der Waals surface area contributed by atoms with Crippen molar-refractivity contribution in [1.29, 1.82) is 0 Å². The summed E-state index contributed by atoms with van der Waals surface area (Å²) in [7, 11) is 2.83. The summed E-state index contributed by atoms with van der Waals surface area (Å²) in [6.45, 7) is 0.811. The zero-order chi connectivity index (χ0) is 17.6. The number of alkyl halides is 3. The maximum Gasteiger partial charge on any atom is 0.435 e. The predicted octanol–water partition coefficient (Wildman–Crippen LogP) is 1.52. The van der Waals surface area contributed by atoms with Crippen molar-refractivity contribution in [2.45, 2.75) is 25.1 Å². The fourth-order valence-electron chi connectivity index (χ4n) is 3.53. The van der Waals surface area contributed by atoms with Crippen molar-refractivity contribution in [2.75, 3.05) is 25.5 Å². The Morgan fingerprint density at radius 1 is 1.38 bits per heavy atom. The minimum absolute atomic E-state index is 0.0186. The van der Waals surface area contributed by atoms with Gasteiger partial charge in [-0.2, -0.15) is 18.3 Å². The zero-order valence-electron chi connectivity index (χ0n) is 13.3. The minimum Gasteiger partial charge on any atom is -0.343 e. The van der Waals surface area contributed by atoms with Gasteiger partial charge < -0.3 is 15.1 Å². The molecule has 1 aromatic rings. The summed E-state index contributed by atoms with van der Waals surface area (Å²) in [4.78, 5) is 27.6. The maximum absolute atomic E-state index is 13.1. The van der Waals surface area contributed by atoms with Crippen LogP contribution >= 0.6 is 0 Å². The van der Waals surface area contributed by atoms with E-state index in [1.165, 1.54) is 11.9 Å². The molecular weight excluding hydrogens is 327 g/mol. The van der Waals surface area contributed by atoms with Gasteiger partial charge in [0.15, 0.2) is 5.69 Å². The number of likely N-dealkylation sites (tertiary alicyclic amines) is 2. The Hall–Kier alpha value is -2.26. The van der Waals surface area contributed by atoms with Gasteiger partial charge in [0.2, 0.25) is 5.91 Å². The third-order valence-corrected chi connectivity index (χ3v) is 4.64. The number of nitrogens with one attached hydrogen (secondary N) is 1. The van der Waals surface area contributed by atoms with E-state index in [9.17, 15) is 22.8 Å². The summed E-state index contributed by atoms with van der Waals surface area (Å²) in [6.07, 6.45) is -2.30. The topological polar surface area (TPSA) is 70.5 Å². The summed E-state index contributed by atoms with van der Waals surface area (Å²) in [5.74, 6) is -0.291. The number of halogens is 3. The fraction of sp³-hybridized carbons (Fsp3) is 0.643. The maximum atomic E-state index is 13.1. The first-order valence-corrected chi connectivity index (χ1v) is 7.62. The molecule has 0 radical (unpaired) electrons. The van der Waals surface area contributed by atoms with E-state index < -0.39 is 17.9 Å². The summed E-state index contributed by atoms with van der Waals surface area (Å²) >= 11 is 0. The van der Waals surface area contributed by atoms with Gasteiger partial charge >= 0.3 is 12.2 Å². The first-order chi connectivity index (χ1) is 11.2. The summed E-state index contributed by atoms with van der Waals surface area (Å²) in [5, 5.41) is 5.88. The fourth-order valence-corrected chi connectivity index (χ4v) is 3.53. The summed E-state index contributed by atoms with van der Waals surface area (Å²) < 4.78 is 39.9. The second kappa shape index (κ2) is 5.67. The molecule has 2 atom stereocenters. The first kappa shape index (κ1) is 16.6. The van der Waals surface area contributed by atoms with Crippen LogP contribution in [-0.4, -0.2) is 57.7 Å². The van der Waals surface area contributed by atoms with Gasteiger partial charge in [-0.3, -0.25) is 9.48 Å². The Bertz CT molecular complexity index is 672. The van der Waals surface area contributed by atoms with Crippen molar-refractivity contribution in [3.05, 3.63) is 11.9 Å². The number of likely N-dealkylation sites (N-methyl/N-ethyl adjacent to an activating group) is 1. The van der Waals surface area contributed by atoms with E-state index in [0.29, 0.717) is 30.6 Å². The average molecular weight is 345 g/mol. The van der Waals surface area contributed by atoms with Gasteiger partial charge in [-0.05, 0) is 12.8 Å². The molecule has 10 heteroatoms. The molecule has 1 aromatic heterocycles. The Morgan fingerprint density at radius 2 is 2.08 bits per heavy atom. The van der Waals surface area contributed by atoms with Crippen LogP contribution in [0.2, 0.25) is 0 Å². The molecule has 3 heterocycles. The van der Waals surface area contributed by atoms with Gasteiger partial charge in [0.25, 0.3) is 0 Å². The summed E-state index contributed by atoms with van der Waals surface area (Å²) in [5.41, 5.74) is -1.39. The molecule has 0 spiro atoms. The molecule has 7 nitrogen and oxygen atoms in total. The molecule has 0 bridgehead atoms. The van der Waals surface area contributed by atoms with E-state index in [-0.39, 0.29) is 23.6 Å². The highest BCUT2D eigenvalue weighted by molar-refractivity contribution is 5.91. The molecule has 0 aromatic carbocycles. The van der Waals surface area contributed by atoms with Crippen molar-refractivity contribution in [2.24, 2.45) is 13.0 Å². The van der Waals surface area contributed by atoms with Crippen LogP contribution in [0.15, 0.2) is 6.20 Å². The second-order valence-electron chi connectivity index (χ2n) is 6.19. The molecule has 0 saturated carbocycles. The predicted molar refractivity (Wildman–Crippen MR) is 78.1 cm³/mol. The van der Waals surface area contributed by atoms with E-state index in [4.69, 9.17) is 0 Å². The Morgan fingerprint density at radius 3 is 2.75 bits per heavy atom. The number of hydrogen-bond acceptors (Lipinski definition) is 3. The number of fused-ring (bicyclic) bond motifs is 1. The molecule has 2 aliphatic heterocycles. The highest BCUT2D eigenvalue weighted by Crippen LogP contribution is 2.35. The lowest BCUT2D eigenvalue weighted by atomic mass is 9.92. The highest BCUT2D eigenvalue weighted by atomic mass is 19.4. The van der Waals surface area contributed by atoms with E-state index in [0.717, 1.165) is 6.20 Å². The number of rotatable bonds is 1. The molecule has 2 fully saturated rings. The lowest BCUT2D eigenvalue weighted by Crippen LogP contribution is -2.50. The Balaban J connectivity index is 1.80. The third kappa shape index (κ3) is 2.69. The number of hydrogen-bond donors (Lipinski definition) is 1. The molecule has 1 N–H and O–H groups in total. The van der Waals surface area contributed by atoms with Crippen molar-refractivity contribution < 1.29 is 22.8 Å². The largest absolute Gasteiger partial charge is 0.435 e. The van der Waals surface area contributed by atoms with E-state index in [1.807, 2.05) is 0 Å². The van der Waals surface area contributed by atoms with Crippen LogP contribution in [0.25, 0.3) is 0 Å². The molecular formula is C14H18F3N5O2. The SMILES string of the molecule is CN1C[C@@H]2[C@@H](CCCN2C(=O)Nc2cnn(C)c2C(F)(F)F)C1=O. The van der Waals surface area contributed by atoms with Gasteiger partial charge in [0.05, 0.1) is 23.8 Å². The van der Waals surface area contributed by atoms with Crippen molar-refractivity contribution in [1.82, 2.24) is 19.6 Å². The second-order valence-corrected chi connectivity index (χ2v) is 6.19. The zero-order valence-corrected chi connectivity index (χ0v) is 13.3. The quantitative estimate of drug-likeness (QED) is 0.839. The van der Waals surface area contributed by atoms with Gasteiger partial charge in [-0.25, -0.2) is 4.79 Å². The number of urea groups is 1. The van der Waals surface area contributed by atoms with Crippen LogP contribution in [-0.2, 0) is 18.0 Å². The number of amides is 3.